The highest BCUT2D eigenvalue weighted by Gasteiger charge is 2.32. The molecule has 0 saturated carbocycles. The highest BCUT2D eigenvalue weighted by molar-refractivity contribution is 7.99. The first-order valence-electron chi connectivity index (χ1n) is 12.7. The number of ether oxygens (including phenoxy) is 4. The Balaban J connectivity index is 1.53. The number of para-hydroxylation sites is 1. The van der Waals surface area contributed by atoms with E-state index in [1.54, 1.807) is 31.0 Å². The highest BCUT2D eigenvalue weighted by Crippen LogP contribution is 2.40. The van der Waals surface area contributed by atoms with Crippen LogP contribution in [0.5, 0.6) is 5.75 Å². The number of nitrogens with one attached hydrogen (secondary N) is 1. The predicted molar refractivity (Wildman–Crippen MR) is 148 cm³/mol. The standard InChI is InChI=1S/C30H33NO7S/c1-19(36-20(2)33)29(34)31-24-8-6-7-23(15-24)30-37-25(18-39-28-10-5-4-9-26(28)35-3)16-27(38-30)22-13-11-21(17-32)12-14-22/h4-15,19,25,27,30,32H,16-18H2,1-3H3,(H,31,34)/t19-,25+,27-,30-/m0/s1. The summed E-state index contributed by atoms with van der Waals surface area (Å²) in [7, 11) is 1.66. The number of carbonyl (C=O) groups excluding carboxylic acids is 2. The molecule has 39 heavy (non-hydrogen) atoms. The molecule has 1 heterocycles. The lowest BCUT2D eigenvalue weighted by Gasteiger charge is -2.36. The zero-order chi connectivity index (χ0) is 27.8. The summed E-state index contributed by atoms with van der Waals surface area (Å²) in [6.45, 7) is 2.76. The molecule has 0 radical (unpaired) electrons. The van der Waals surface area contributed by atoms with Gasteiger partial charge in [0.25, 0.3) is 5.91 Å². The Morgan fingerprint density at radius 3 is 2.54 bits per heavy atom. The summed E-state index contributed by atoms with van der Waals surface area (Å²) in [5.74, 6) is 0.543. The second-order valence-corrected chi connectivity index (χ2v) is 10.2. The molecule has 3 aromatic rings. The maximum atomic E-state index is 12.5. The molecule has 9 heteroatoms. The Morgan fingerprint density at radius 1 is 1.05 bits per heavy atom. The fourth-order valence-electron chi connectivity index (χ4n) is 4.25. The van der Waals surface area contributed by atoms with Crippen LogP contribution in [0.25, 0.3) is 0 Å². The third kappa shape index (κ3) is 7.83. The zero-order valence-corrected chi connectivity index (χ0v) is 23.0. The Kier molecular flexibility index (Phi) is 10.00. The molecule has 0 aliphatic carbocycles. The van der Waals surface area contributed by atoms with Crippen molar-refractivity contribution in [1.82, 2.24) is 0 Å². The summed E-state index contributed by atoms with van der Waals surface area (Å²) >= 11 is 1.66. The summed E-state index contributed by atoms with van der Waals surface area (Å²) in [6, 6.07) is 22.8. The third-order valence-corrected chi connectivity index (χ3v) is 7.43. The van der Waals surface area contributed by atoms with Crippen LogP contribution in [0.2, 0.25) is 0 Å². The lowest BCUT2D eigenvalue weighted by atomic mass is 10.0. The molecule has 1 aliphatic heterocycles. The Bertz CT molecular complexity index is 1270. The molecular formula is C30H33NO7S. The maximum absolute atomic E-state index is 12.5. The number of esters is 1. The van der Waals surface area contributed by atoms with Gasteiger partial charge in [-0.3, -0.25) is 9.59 Å². The molecule has 0 spiro atoms. The molecule has 1 saturated heterocycles. The van der Waals surface area contributed by atoms with Crippen molar-refractivity contribution in [3.63, 3.8) is 0 Å². The number of aliphatic hydroxyl groups is 1. The lowest BCUT2D eigenvalue weighted by Crippen LogP contribution is -2.31. The van der Waals surface area contributed by atoms with Crippen molar-refractivity contribution < 1.29 is 33.6 Å². The molecule has 1 fully saturated rings. The lowest BCUT2D eigenvalue weighted by molar-refractivity contribution is -0.245. The molecular weight excluding hydrogens is 518 g/mol. The van der Waals surface area contributed by atoms with E-state index in [9.17, 15) is 14.7 Å². The zero-order valence-electron chi connectivity index (χ0n) is 22.2. The first-order valence-corrected chi connectivity index (χ1v) is 13.7. The van der Waals surface area contributed by atoms with Crippen molar-refractivity contribution in [1.29, 1.82) is 0 Å². The van der Waals surface area contributed by atoms with Crippen LogP contribution in [0.3, 0.4) is 0 Å². The third-order valence-electron chi connectivity index (χ3n) is 6.25. The molecule has 1 amide bonds. The van der Waals surface area contributed by atoms with Crippen molar-refractivity contribution >= 4 is 29.3 Å². The molecule has 0 aromatic heterocycles. The van der Waals surface area contributed by atoms with E-state index in [1.807, 2.05) is 60.7 Å². The fourth-order valence-corrected chi connectivity index (χ4v) is 5.30. The van der Waals surface area contributed by atoms with E-state index in [0.717, 1.165) is 27.3 Å². The van der Waals surface area contributed by atoms with Crippen molar-refractivity contribution in [2.24, 2.45) is 0 Å². The van der Waals surface area contributed by atoms with E-state index < -0.39 is 24.3 Å². The van der Waals surface area contributed by atoms with Gasteiger partial charge in [-0.1, -0.05) is 48.5 Å². The van der Waals surface area contributed by atoms with Crippen molar-refractivity contribution in [2.45, 2.75) is 56.4 Å². The second kappa shape index (κ2) is 13.6. The molecule has 3 aromatic carbocycles. The molecule has 0 bridgehead atoms. The van der Waals surface area contributed by atoms with E-state index in [0.29, 0.717) is 17.9 Å². The van der Waals surface area contributed by atoms with Crippen LogP contribution in [-0.2, 0) is 30.4 Å². The number of anilines is 1. The van der Waals surface area contributed by atoms with Crippen molar-refractivity contribution in [3.8, 4) is 5.75 Å². The molecule has 2 N–H and O–H groups in total. The number of hydrogen-bond donors (Lipinski definition) is 2. The van der Waals surface area contributed by atoms with E-state index in [-0.39, 0.29) is 18.8 Å². The summed E-state index contributed by atoms with van der Waals surface area (Å²) in [4.78, 5) is 24.7. The number of benzene rings is 3. The van der Waals surface area contributed by atoms with Gasteiger partial charge in [0.15, 0.2) is 12.4 Å². The molecule has 206 valence electrons. The summed E-state index contributed by atoms with van der Waals surface area (Å²) in [5, 5.41) is 12.2. The van der Waals surface area contributed by atoms with Gasteiger partial charge in [-0.05, 0) is 42.3 Å². The van der Waals surface area contributed by atoms with E-state index >= 15 is 0 Å². The first kappa shape index (κ1) is 28.6. The van der Waals surface area contributed by atoms with Crippen LogP contribution in [0.15, 0.2) is 77.7 Å². The quantitative estimate of drug-likeness (QED) is 0.255. The number of aliphatic hydroxyl groups excluding tert-OH is 1. The van der Waals surface area contributed by atoms with Gasteiger partial charge in [0.1, 0.15) is 5.75 Å². The van der Waals surface area contributed by atoms with Crippen LogP contribution in [0.4, 0.5) is 5.69 Å². The normalized spacial score (nSPS) is 19.6. The van der Waals surface area contributed by atoms with Gasteiger partial charge in [0.2, 0.25) is 0 Å². The van der Waals surface area contributed by atoms with Crippen LogP contribution in [0.1, 0.15) is 49.4 Å². The number of carbonyl (C=O) groups is 2. The molecule has 1 aliphatic rings. The van der Waals surface area contributed by atoms with Crippen molar-refractivity contribution in [3.05, 3.63) is 89.5 Å². The van der Waals surface area contributed by atoms with E-state index in [2.05, 4.69) is 5.32 Å². The molecule has 4 rings (SSSR count). The van der Waals surface area contributed by atoms with Gasteiger partial charge in [-0.25, -0.2) is 0 Å². The van der Waals surface area contributed by atoms with E-state index in [1.165, 1.54) is 13.8 Å². The smallest absolute Gasteiger partial charge is 0.303 e. The molecule has 8 nitrogen and oxygen atoms in total. The number of thioether (sulfide) groups is 1. The average molecular weight is 552 g/mol. The van der Waals surface area contributed by atoms with E-state index in [4.69, 9.17) is 18.9 Å². The highest BCUT2D eigenvalue weighted by atomic mass is 32.2. The number of rotatable bonds is 10. The number of amides is 1. The monoisotopic (exact) mass is 551 g/mol. The summed E-state index contributed by atoms with van der Waals surface area (Å²) in [6.07, 6.45) is -1.32. The van der Waals surface area contributed by atoms with Gasteiger partial charge < -0.3 is 29.4 Å². The van der Waals surface area contributed by atoms with Crippen molar-refractivity contribution in [2.75, 3.05) is 18.2 Å². The minimum atomic E-state index is -0.920. The summed E-state index contributed by atoms with van der Waals surface area (Å²) < 4.78 is 23.3. The van der Waals surface area contributed by atoms with Crippen LogP contribution >= 0.6 is 11.8 Å². The van der Waals surface area contributed by atoms with Crippen LogP contribution in [0, 0.1) is 0 Å². The molecule has 4 atom stereocenters. The topological polar surface area (TPSA) is 103 Å². The largest absolute Gasteiger partial charge is 0.496 e. The minimum Gasteiger partial charge on any atom is -0.496 e. The maximum Gasteiger partial charge on any atom is 0.303 e. The van der Waals surface area contributed by atoms with Gasteiger partial charge in [-0.2, -0.15) is 0 Å². The average Bonchev–Trinajstić information content (AvgIpc) is 2.96. The van der Waals surface area contributed by atoms with Gasteiger partial charge >= 0.3 is 5.97 Å². The van der Waals surface area contributed by atoms with Crippen LogP contribution < -0.4 is 10.1 Å². The molecule has 0 unspecified atom stereocenters. The Morgan fingerprint density at radius 2 is 1.82 bits per heavy atom. The predicted octanol–water partition coefficient (Wildman–Crippen LogP) is 5.42. The van der Waals surface area contributed by atoms with Gasteiger partial charge in [0, 0.05) is 35.2 Å². The van der Waals surface area contributed by atoms with Gasteiger partial charge in [-0.15, -0.1) is 11.8 Å². The van der Waals surface area contributed by atoms with Gasteiger partial charge in [0.05, 0.1) is 25.9 Å². The first-order chi connectivity index (χ1) is 18.9. The number of hydrogen-bond acceptors (Lipinski definition) is 8. The second-order valence-electron chi connectivity index (χ2n) is 9.18. The number of methoxy groups -OCH3 is 1. The fraction of sp³-hybridized carbons (Fsp3) is 0.333. The minimum absolute atomic E-state index is 0.0235. The van der Waals surface area contributed by atoms with Crippen LogP contribution in [-0.4, -0.2) is 42.1 Å². The Hall–Kier alpha value is -3.37. The summed E-state index contributed by atoms with van der Waals surface area (Å²) in [5.41, 5.74) is 3.11. The SMILES string of the molecule is COc1ccccc1SC[C@H]1C[C@@H](c2ccc(CO)cc2)O[C@@H](c2cccc(NC(=O)[C@H](C)OC(C)=O)c2)O1. The Labute approximate surface area is 232 Å².